The number of hydrogen-bond acceptors (Lipinski definition) is 1. The van der Waals surface area contributed by atoms with Crippen LogP contribution in [0.3, 0.4) is 0 Å². The summed E-state index contributed by atoms with van der Waals surface area (Å²) in [6.45, 7) is 8.18. The molecule has 0 spiro atoms. The molecule has 0 saturated carbocycles. The second kappa shape index (κ2) is 3.38. The van der Waals surface area contributed by atoms with Gasteiger partial charge in [0, 0.05) is 6.04 Å². The molecular formula is C9H19N. The fraction of sp³-hybridized carbons (Fsp3) is 1.00. The van der Waals surface area contributed by atoms with E-state index in [9.17, 15) is 0 Å². The number of hydrogen-bond donors (Lipinski definition) is 1. The maximum Gasteiger partial charge on any atom is 0.00902 e. The van der Waals surface area contributed by atoms with Gasteiger partial charge in [-0.25, -0.2) is 0 Å². The Bertz CT molecular complexity index is 101. The molecule has 0 unspecified atom stereocenters. The molecule has 1 rings (SSSR count). The van der Waals surface area contributed by atoms with Crippen LogP contribution in [0.15, 0.2) is 0 Å². The molecule has 1 heteroatoms. The highest BCUT2D eigenvalue weighted by Crippen LogP contribution is 2.21. The van der Waals surface area contributed by atoms with Gasteiger partial charge in [0.15, 0.2) is 0 Å². The van der Waals surface area contributed by atoms with Crippen LogP contribution in [-0.4, -0.2) is 12.6 Å². The van der Waals surface area contributed by atoms with Crippen molar-refractivity contribution >= 4 is 0 Å². The minimum Gasteiger partial charge on any atom is -0.313 e. The Balaban J connectivity index is 2.36. The third-order valence-corrected chi connectivity index (χ3v) is 2.63. The van der Waals surface area contributed by atoms with Crippen molar-refractivity contribution in [1.82, 2.24) is 5.32 Å². The molecular weight excluding hydrogens is 122 g/mol. The van der Waals surface area contributed by atoms with Gasteiger partial charge >= 0.3 is 0 Å². The fourth-order valence-electron chi connectivity index (χ4n) is 1.98. The summed E-state index contributed by atoms with van der Waals surface area (Å²) in [5.74, 6) is 1.77. The van der Waals surface area contributed by atoms with Gasteiger partial charge in [-0.2, -0.15) is 0 Å². The third-order valence-electron chi connectivity index (χ3n) is 2.63. The lowest BCUT2D eigenvalue weighted by molar-refractivity contribution is 0.239. The molecule has 1 heterocycles. The summed E-state index contributed by atoms with van der Waals surface area (Å²) in [4.78, 5) is 0. The van der Waals surface area contributed by atoms with Crippen molar-refractivity contribution in [2.75, 3.05) is 6.54 Å². The molecule has 0 aliphatic carbocycles. The van der Waals surface area contributed by atoms with Gasteiger partial charge in [-0.05, 0) is 31.2 Å². The van der Waals surface area contributed by atoms with Gasteiger partial charge in [-0.15, -0.1) is 0 Å². The average molecular weight is 141 g/mol. The lowest BCUT2D eigenvalue weighted by atomic mass is 9.86. The summed E-state index contributed by atoms with van der Waals surface area (Å²) in [6, 6.07) is 0.788. The Labute approximate surface area is 64.2 Å². The molecule has 0 aromatic rings. The van der Waals surface area contributed by atoms with Gasteiger partial charge in [-0.1, -0.05) is 20.8 Å². The number of nitrogens with one attached hydrogen (secondary N) is 1. The van der Waals surface area contributed by atoms with E-state index in [-0.39, 0.29) is 0 Å². The second-order valence-corrected chi connectivity index (χ2v) is 3.74. The first-order valence-corrected chi connectivity index (χ1v) is 4.47. The molecule has 0 bridgehead atoms. The van der Waals surface area contributed by atoms with Crippen molar-refractivity contribution in [2.24, 2.45) is 11.8 Å². The zero-order valence-electron chi connectivity index (χ0n) is 7.35. The molecule has 1 aliphatic rings. The van der Waals surface area contributed by atoms with Crippen LogP contribution in [0.4, 0.5) is 0 Å². The van der Waals surface area contributed by atoms with Gasteiger partial charge in [0.2, 0.25) is 0 Å². The Morgan fingerprint density at radius 3 is 2.60 bits per heavy atom. The van der Waals surface area contributed by atoms with Gasteiger partial charge in [-0.3, -0.25) is 0 Å². The van der Waals surface area contributed by atoms with Crippen LogP contribution < -0.4 is 5.32 Å². The lowest BCUT2D eigenvalue weighted by Crippen LogP contribution is -2.43. The van der Waals surface area contributed by atoms with E-state index in [0.717, 1.165) is 17.9 Å². The van der Waals surface area contributed by atoms with Crippen LogP contribution in [0.25, 0.3) is 0 Å². The highest BCUT2D eigenvalue weighted by Gasteiger charge is 2.22. The smallest absolute Gasteiger partial charge is 0.00902 e. The molecule has 0 radical (unpaired) electrons. The molecule has 60 valence electrons. The summed E-state index contributed by atoms with van der Waals surface area (Å²) in [5, 5.41) is 3.57. The van der Waals surface area contributed by atoms with Crippen LogP contribution in [0, 0.1) is 11.8 Å². The topological polar surface area (TPSA) is 12.0 Å². The van der Waals surface area contributed by atoms with Crippen LogP contribution in [0.2, 0.25) is 0 Å². The van der Waals surface area contributed by atoms with E-state index in [4.69, 9.17) is 0 Å². The Morgan fingerprint density at radius 2 is 2.10 bits per heavy atom. The van der Waals surface area contributed by atoms with Crippen LogP contribution in [0.1, 0.15) is 33.6 Å². The predicted molar refractivity (Wildman–Crippen MR) is 45.0 cm³/mol. The number of rotatable bonds is 1. The highest BCUT2D eigenvalue weighted by molar-refractivity contribution is 4.79. The SMILES string of the molecule is CC[C@@H]1NC[C@H](C)C[C@H]1C. The minimum atomic E-state index is 0.788. The summed E-state index contributed by atoms with van der Waals surface area (Å²) >= 11 is 0. The summed E-state index contributed by atoms with van der Waals surface area (Å²) in [6.07, 6.45) is 2.69. The molecule has 0 aromatic heterocycles. The van der Waals surface area contributed by atoms with Gasteiger partial charge in [0.25, 0.3) is 0 Å². The maximum atomic E-state index is 3.57. The predicted octanol–water partition coefficient (Wildman–Crippen LogP) is 2.03. The van der Waals surface area contributed by atoms with E-state index in [0.29, 0.717) is 0 Å². The second-order valence-electron chi connectivity index (χ2n) is 3.74. The normalized spacial score (nSPS) is 41.7. The summed E-state index contributed by atoms with van der Waals surface area (Å²) in [5.41, 5.74) is 0. The number of piperidine rings is 1. The van der Waals surface area contributed by atoms with Crippen molar-refractivity contribution in [3.05, 3.63) is 0 Å². The van der Waals surface area contributed by atoms with Crippen LogP contribution in [0.5, 0.6) is 0 Å². The van der Waals surface area contributed by atoms with E-state index in [2.05, 4.69) is 26.1 Å². The fourth-order valence-corrected chi connectivity index (χ4v) is 1.98. The molecule has 0 aromatic carbocycles. The Hall–Kier alpha value is -0.0400. The molecule has 1 aliphatic heterocycles. The average Bonchev–Trinajstić information content (AvgIpc) is 1.88. The van der Waals surface area contributed by atoms with E-state index < -0.39 is 0 Å². The Kier molecular flexibility index (Phi) is 2.72. The van der Waals surface area contributed by atoms with Crippen molar-refractivity contribution in [3.8, 4) is 0 Å². The van der Waals surface area contributed by atoms with Gasteiger partial charge in [0.05, 0.1) is 0 Å². The molecule has 1 N–H and O–H groups in total. The first-order valence-electron chi connectivity index (χ1n) is 4.47. The quantitative estimate of drug-likeness (QED) is 0.589. The van der Waals surface area contributed by atoms with E-state index in [1.54, 1.807) is 0 Å². The molecule has 1 saturated heterocycles. The molecule has 1 fully saturated rings. The van der Waals surface area contributed by atoms with Gasteiger partial charge in [0.1, 0.15) is 0 Å². The first-order chi connectivity index (χ1) is 4.74. The van der Waals surface area contributed by atoms with Crippen molar-refractivity contribution in [3.63, 3.8) is 0 Å². The summed E-state index contributed by atoms with van der Waals surface area (Å²) < 4.78 is 0. The zero-order chi connectivity index (χ0) is 7.56. The van der Waals surface area contributed by atoms with Gasteiger partial charge < -0.3 is 5.32 Å². The third kappa shape index (κ3) is 1.72. The van der Waals surface area contributed by atoms with Crippen LogP contribution >= 0.6 is 0 Å². The van der Waals surface area contributed by atoms with Crippen molar-refractivity contribution in [1.29, 1.82) is 0 Å². The van der Waals surface area contributed by atoms with Crippen molar-refractivity contribution < 1.29 is 0 Å². The minimum absolute atomic E-state index is 0.788. The first kappa shape index (κ1) is 8.06. The monoisotopic (exact) mass is 141 g/mol. The molecule has 1 nitrogen and oxygen atoms in total. The van der Waals surface area contributed by atoms with Crippen molar-refractivity contribution in [2.45, 2.75) is 39.7 Å². The lowest BCUT2D eigenvalue weighted by Gasteiger charge is -2.33. The Morgan fingerprint density at radius 1 is 1.40 bits per heavy atom. The van der Waals surface area contributed by atoms with E-state index in [1.165, 1.54) is 19.4 Å². The summed E-state index contributed by atoms with van der Waals surface area (Å²) in [7, 11) is 0. The molecule has 3 atom stereocenters. The van der Waals surface area contributed by atoms with E-state index >= 15 is 0 Å². The van der Waals surface area contributed by atoms with Crippen LogP contribution in [-0.2, 0) is 0 Å². The maximum absolute atomic E-state index is 3.57. The zero-order valence-corrected chi connectivity index (χ0v) is 7.35. The highest BCUT2D eigenvalue weighted by atomic mass is 14.9. The largest absolute Gasteiger partial charge is 0.313 e. The molecule has 0 amide bonds. The van der Waals surface area contributed by atoms with E-state index in [1.807, 2.05) is 0 Å². The molecule has 10 heavy (non-hydrogen) atoms. The standard InChI is InChI=1S/C9H19N/c1-4-9-8(3)5-7(2)6-10-9/h7-10H,4-6H2,1-3H3/t7-,8-,9+/m1/s1.